The zero-order valence-electron chi connectivity index (χ0n) is 40.8. The molecule has 0 bridgehead atoms. The molecule has 0 aliphatic rings. The van der Waals surface area contributed by atoms with Gasteiger partial charge in [0, 0.05) is 65.6 Å². The van der Waals surface area contributed by atoms with Gasteiger partial charge in [0.15, 0.2) is 0 Å². The largest absolute Gasteiger partial charge is 0.307 e. The molecule has 0 spiro atoms. The topological polar surface area (TPSA) is 152 Å². The number of pyridine rings is 1. The van der Waals surface area contributed by atoms with Crippen LogP contribution in [0, 0.1) is 70.5 Å². The van der Waals surface area contributed by atoms with E-state index in [9.17, 15) is 26.3 Å². The number of para-hydroxylation sites is 4. The standard InChI is InChI=1S/C66H36N10/c1-38-19-24-44(39(2)72-38)62-63(73-54-15-7-3-11-45(54)49-29-40(33-67)20-25-58(49)73)53(37-71)64(74-55-16-8-4-12-46(55)50-30-41(34-68)21-26-59(50)74)66(76-57-18-10-6-14-48(57)52-32-43(36-70)23-28-61(52)76)65(62)75-56-17-9-5-13-47(56)51-31-42(35-69)22-27-60(51)75/h3-32H,1-2H3. The van der Waals surface area contributed by atoms with Gasteiger partial charge in [-0.15, -0.1) is 0 Å². The van der Waals surface area contributed by atoms with Crippen molar-refractivity contribution in [2.45, 2.75) is 13.8 Å². The van der Waals surface area contributed by atoms with Crippen molar-refractivity contribution in [3.05, 3.63) is 221 Å². The Morgan fingerprint density at radius 1 is 0.316 bits per heavy atom. The van der Waals surface area contributed by atoms with Gasteiger partial charge < -0.3 is 18.3 Å². The van der Waals surface area contributed by atoms with Crippen LogP contribution in [0.3, 0.4) is 0 Å². The molecule has 0 atom stereocenters. The highest BCUT2D eigenvalue weighted by atomic mass is 15.1. The van der Waals surface area contributed by atoms with Gasteiger partial charge in [-0.05, 0) is 117 Å². The van der Waals surface area contributed by atoms with E-state index >= 15 is 0 Å². The molecule has 10 nitrogen and oxygen atoms in total. The SMILES string of the molecule is Cc1ccc(-c2c(-n3c4ccccc4c4cc(C#N)ccc43)c(C#N)c(-n3c4ccccc4c4cc(C#N)ccc43)c(-n3c4ccccc4c4cc(C#N)ccc43)c2-n2c3ccccc3c3cc(C#N)ccc32)c(C)n1. The Morgan fingerprint density at radius 2 is 0.645 bits per heavy atom. The molecule has 0 unspecified atom stereocenters. The molecule has 0 aliphatic carbocycles. The number of hydrogen-bond acceptors (Lipinski definition) is 6. The van der Waals surface area contributed by atoms with Crippen molar-refractivity contribution >= 4 is 87.2 Å². The van der Waals surface area contributed by atoms with E-state index in [1.54, 1.807) is 0 Å². The van der Waals surface area contributed by atoms with Crippen LogP contribution in [-0.2, 0) is 0 Å². The lowest BCUT2D eigenvalue weighted by Crippen LogP contribution is -2.17. The molecule has 0 radical (unpaired) electrons. The molecule has 0 aliphatic heterocycles. The molecule has 9 aromatic carbocycles. The minimum absolute atomic E-state index is 0.333. The van der Waals surface area contributed by atoms with E-state index in [-0.39, 0.29) is 0 Å². The van der Waals surface area contributed by atoms with Crippen LogP contribution in [0.15, 0.2) is 182 Å². The van der Waals surface area contributed by atoms with Crippen molar-refractivity contribution in [3.8, 4) is 64.2 Å². The van der Waals surface area contributed by atoms with Crippen molar-refractivity contribution in [2.75, 3.05) is 0 Å². The van der Waals surface area contributed by atoms with Crippen LogP contribution in [0.4, 0.5) is 0 Å². The van der Waals surface area contributed by atoms with Crippen LogP contribution in [0.2, 0.25) is 0 Å². The molecule has 0 fully saturated rings. The highest BCUT2D eigenvalue weighted by Gasteiger charge is 2.35. The molecule has 14 aromatic rings. The summed E-state index contributed by atoms with van der Waals surface area (Å²) in [6.45, 7) is 3.98. The summed E-state index contributed by atoms with van der Waals surface area (Å²) in [5.41, 5.74) is 14.3. The maximum atomic E-state index is 12.7. The molecule has 0 N–H and O–H groups in total. The van der Waals surface area contributed by atoms with Gasteiger partial charge in [0.1, 0.15) is 11.6 Å². The van der Waals surface area contributed by atoms with Crippen molar-refractivity contribution < 1.29 is 0 Å². The summed E-state index contributed by atoms with van der Waals surface area (Å²) in [5, 5.41) is 61.3. The lowest BCUT2D eigenvalue weighted by molar-refractivity contribution is 1.03. The molecule has 5 aromatic heterocycles. The summed E-state index contributed by atoms with van der Waals surface area (Å²) >= 11 is 0. The van der Waals surface area contributed by atoms with E-state index in [1.807, 2.05) is 141 Å². The number of hydrogen-bond donors (Lipinski definition) is 0. The quantitative estimate of drug-likeness (QED) is 0.167. The highest BCUT2D eigenvalue weighted by molar-refractivity contribution is 6.17. The van der Waals surface area contributed by atoms with E-state index in [2.05, 4.69) is 103 Å². The molecule has 10 heteroatoms. The molecule has 0 amide bonds. The predicted octanol–water partition coefficient (Wildman–Crippen LogP) is 15.1. The highest BCUT2D eigenvalue weighted by Crippen LogP contribution is 2.52. The van der Waals surface area contributed by atoms with Crippen LogP contribution in [0.1, 0.15) is 39.2 Å². The van der Waals surface area contributed by atoms with Crippen molar-refractivity contribution in [2.24, 2.45) is 0 Å². The average molecular weight is 969 g/mol. The van der Waals surface area contributed by atoms with Crippen LogP contribution in [0.5, 0.6) is 0 Å². The fourth-order valence-corrected chi connectivity index (χ4v) is 12.0. The van der Waals surface area contributed by atoms with Crippen LogP contribution >= 0.6 is 0 Å². The Balaban J connectivity index is 1.38. The summed E-state index contributed by atoms with van der Waals surface area (Å²) in [7, 11) is 0. The Morgan fingerprint density at radius 3 is 1.00 bits per heavy atom. The van der Waals surface area contributed by atoms with Crippen LogP contribution in [0.25, 0.3) is 121 Å². The zero-order valence-corrected chi connectivity index (χ0v) is 40.8. The normalized spacial score (nSPS) is 11.5. The lowest BCUT2D eigenvalue weighted by atomic mass is 9.92. The molecular formula is C66H36N10. The van der Waals surface area contributed by atoms with E-state index in [1.165, 1.54) is 0 Å². The molecule has 350 valence electrons. The first-order valence-corrected chi connectivity index (χ1v) is 24.7. The van der Waals surface area contributed by atoms with Gasteiger partial charge in [-0.3, -0.25) is 4.98 Å². The molecule has 14 rings (SSSR count). The maximum absolute atomic E-state index is 12.7. The van der Waals surface area contributed by atoms with Gasteiger partial charge >= 0.3 is 0 Å². The van der Waals surface area contributed by atoms with Crippen LogP contribution in [-0.4, -0.2) is 23.3 Å². The fraction of sp³-hybridized carbons (Fsp3) is 0.0303. The van der Waals surface area contributed by atoms with E-state index in [0.29, 0.717) is 56.1 Å². The van der Waals surface area contributed by atoms with Crippen molar-refractivity contribution in [1.82, 2.24) is 23.3 Å². The zero-order chi connectivity index (χ0) is 51.5. The number of aromatic nitrogens is 5. The third-order valence-corrected chi connectivity index (χ3v) is 15.1. The van der Waals surface area contributed by atoms with E-state index in [4.69, 9.17) is 4.98 Å². The second kappa shape index (κ2) is 16.4. The average Bonchev–Trinajstić information content (AvgIpc) is 4.37. The monoisotopic (exact) mass is 968 g/mol. The van der Waals surface area contributed by atoms with Crippen molar-refractivity contribution in [1.29, 1.82) is 26.3 Å². The van der Waals surface area contributed by atoms with Crippen LogP contribution < -0.4 is 0 Å². The third kappa shape index (κ3) is 6.00. The summed E-state index contributed by atoms with van der Waals surface area (Å²) < 4.78 is 8.91. The second-order valence-corrected chi connectivity index (χ2v) is 19.1. The molecule has 0 saturated heterocycles. The predicted molar refractivity (Wildman–Crippen MR) is 300 cm³/mol. The Kier molecular flexibility index (Phi) is 9.40. The summed E-state index contributed by atoms with van der Waals surface area (Å²) in [6.07, 6.45) is 0. The number of nitrogens with zero attached hydrogens (tertiary/aromatic N) is 10. The summed E-state index contributed by atoms with van der Waals surface area (Å²) in [4.78, 5) is 5.18. The van der Waals surface area contributed by atoms with E-state index < -0.39 is 0 Å². The maximum Gasteiger partial charge on any atom is 0.104 e. The Labute approximate surface area is 434 Å². The van der Waals surface area contributed by atoms with Gasteiger partial charge in [-0.2, -0.15) is 26.3 Å². The van der Waals surface area contributed by atoms with Gasteiger partial charge in [0.2, 0.25) is 0 Å². The molecule has 5 heterocycles. The van der Waals surface area contributed by atoms with Crippen molar-refractivity contribution in [3.63, 3.8) is 0 Å². The first-order valence-electron chi connectivity index (χ1n) is 24.7. The van der Waals surface area contributed by atoms with Gasteiger partial charge in [-0.1, -0.05) is 78.9 Å². The van der Waals surface area contributed by atoms with Gasteiger partial charge in [0.05, 0.1) is 113 Å². The summed E-state index contributed by atoms with van der Waals surface area (Å²) in [6, 6.07) is 72.1. The number of benzene rings is 9. The first kappa shape index (κ1) is 43.6. The van der Waals surface area contributed by atoms with Gasteiger partial charge in [0.25, 0.3) is 0 Å². The van der Waals surface area contributed by atoms with E-state index in [0.717, 1.165) is 104 Å². The minimum atomic E-state index is 0.333. The molecule has 0 saturated carbocycles. The van der Waals surface area contributed by atoms with Gasteiger partial charge in [-0.25, -0.2) is 0 Å². The first-order chi connectivity index (χ1) is 37.3. The fourth-order valence-electron chi connectivity index (χ4n) is 12.0. The number of nitriles is 5. The Bertz CT molecular complexity index is 5160. The number of rotatable bonds is 5. The molecule has 76 heavy (non-hydrogen) atoms. The smallest absolute Gasteiger partial charge is 0.104 e. The third-order valence-electron chi connectivity index (χ3n) is 15.1. The minimum Gasteiger partial charge on any atom is -0.307 e. The lowest BCUT2D eigenvalue weighted by Gasteiger charge is -2.29. The molecular weight excluding hydrogens is 933 g/mol. The second-order valence-electron chi connectivity index (χ2n) is 19.1. The number of fused-ring (bicyclic) bond motifs is 12. The number of aryl methyl sites for hydroxylation is 2. The summed E-state index contributed by atoms with van der Waals surface area (Å²) in [5.74, 6) is 0. The Hall–Kier alpha value is -11.2.